The van der Waals surface area contributed by atoms with Gasteiger partial charge in [-0.3, -0.25) is 0 Å². The Bertz CT molecular complexity index is 294. The standard InChI is InChI=1S/C10H16BrN3O/c1-8(2)13-4-3-5-15-10-9(11)6-12-7-14-10/h6-8,13H,3-5H2,1-2H3. The van der Waals surface area contributed by atoms with Gasteiger partial charge in [0.25, 0.3) is 0 Å². The van der Waals surface area contributed by atoms with Crippen LogP contribution in [0.4, 0.5) is 0 Å². The van der Waals surface area contributed by atoms with Crippen molar-refractivity contribution in [1.29, 1.82) is 0 Å². The van der Waals surface area contributed by atoms with Crippen LogP contribution in [0.15, 0.2) is 17.0 Å². The van der Waals surface area contributed by atoms with E-state index < -0.39 is 0 Å². The Morgan fingerprint density at radius 3 is 3.00 bits per heavy atom. The second kappa shape index (κ2) is 6.74. The van der Waals surface area contributed by atoms with Gasteiger partial charge in [0.1, 0.15) is 6.33 Å². The van der Waals surface area contributed by atoms with E-state index in [0.29, 0.717) is 18.5 Å². The number of rotatable bonds is 6. The summed E-state index contributed by atoms with van der Waals surface area (Å²) in [5.41, 5.74) is 0. The number of nitrogens with one attached hydrogen (secondary N) is 1. The fourth-order valence-corrected chi connectivity index (χ4v) is 1.37. The number of ether oxygens (including phenoxy) is 1. The van der Waals surface area contributed by atoms with E-state index >= 15 is 0 Å². The van der Waals surface area contributed by atoms with Crippen LogP contribution in [0, 0.1) is 0 Å². The van der Waals surface area contributed by atoms with E-state index in [4.69, 9.17) is 4.74 Å². The first-order valence-electron chi connectivity index (χ1n) is 5.02. The van der Waals surface area contributed by atoms with Gasteiger partial charge in [-0.2, -0.15) is 0 Å². The van der Waals surface area contributed by atoms with Crippen molar-refractivity contribution >= 4 is 15.9 Å². The summed E-state index contributed by atoms with van der Waals surface area (Å²) < 4.78 is 6.27. The van der Waals surface area contributed by atoms with E-state index in [0.717, 1.165) is 17.4 Å². The highest BCUT2D eigenvalue weighted by Gasteiger charge is 2.01. The average molecular weight is 274 g/mol. The lowest BCUT2D eigenvalue weighted by molar-refractivity contribution is 0.292. The van der Waals surface area contributed by atoms with Crippen LogP contribution in [0.25, 0.3) is 0 Å². The summed E-state index contributed by atoms with van der Waals surface area (Å²) >= 11 is 3.32. The summed E-state index contributed by atoms with van der Waals surface area (Å²) in [6, 6.07) is 0.524. The molecule has 84 valence electrons. The Morgan fingerprint density at radius 1 is 1.53 bits per heavy atom. The summed E-state index contributed by atoms with van der Waals surface area (Å²) in [6.07, 6.45) is 4.12. The molecule has 0 aliphatic heterocycles. The largest absolute Gasteiger partial charge is 0.477 e. The van der Waals surface area contributed by atoms with Crippen molar-refractivity contribution in [1.82, 2.24) is 15.3 Å². The predicted octanol–water partition coefficient (Wildman–Crippen LogP) is 2.01. The monoisotopic (exact) mass is 273 g/mol. The molecular weight excluding hydrogens is 258 g/mol. The molecule has 0 spiro atoms. The van der Waals surface area contributed by atoms with Gasteiger partial charge in [0.15, 0.2) is 0 Å². The smallest absolute Gasteiger partial charge is 0.231 e. The second-order valence-corrected chi connectivity index (χ2v) is 4.34. The first-order chi connectivity index (χ1) is 7.20. The molecule has 1 aromatic rings. The Balaban J connectivity index is 2.18. The second-order valence-electron chi connectivity index (χ2n) is 3.49. The SMILES string of the molecule is CC(C)NCCCOc1ncncc1Br. The van der Waals surface area contributed by atoms with Crippen molar-refractivity contribution in [2.75, 3.05) is 13.2 Å². The Morgan fingerprint density at radius 2 is 2.33 bits per heavy atom. The molecule has 1 aromatic heterocycles. The molecule has 1 rings (SSSR count). The highest BCUT2D eigenvalue weighted by atomic mass is 79.9. The zero-order chi connectivity index (χ0) is 11.1. The van der Waals surface area contributed by atoms with Gasteiger partial charge in [0.05, 0.1) is 11.1 Å². The Kier molecular flexibility index (Phi) is 5.57. The van der Waals surface area contributed by atoms with Crippen molar-refractivity contribution in [2.24, 2.45) is 0 Å². The number of nitrogens with zero attached hydrogens (tertiary/aromatic N) is 2. The van der Waals surface area contributed by atoms with Gasteiger partial charge < -0.3 is 10.1 Å². The van der Waals surface area contributed by atoms with E-state index in [-0.39, 0.29) is 0 Å². The molecule has 0 saturated heterocycles. The fraction of sp³-hybridized carbons (Fsp3) is 0.600. The lowest BCUT2D eigenvalue weighted by atomic mass is 10.3. The van der Waals surface area contributed by atoms with E-state index in [9.17, 15) is 0 Å². The molecule has 0 aliphatic carbocycles. The van der Waals surface area contributed by atoms with E-state index in [1.165, 1.54) is 6.33 Å². The zero-order valence-electron chi connectivity index (χ0n) is 9.03. The van der Waals surface area contributed by atoms with Crippen LogP contribution in [-0.4, -0.2) is 29.2 Å². The first-order valence-corrected chi connectivity index (χ1v) is 5.81. The fourth-order valence-electron chi connectivity index (χ4n) is 1.04. The van der Waals surface area contributed by atoms with Crippen LogP contribution in [0.1, 0.15) is 20.3 Å². The van der Waals surface area contributed by atoms with Gasteiger partial charge in [0, 0.05) is 12.2 Å². The summed E-state index contributed by atoms with van der Waals surface area (Å²) in [5, 5.41) is 3.32. The lowest BCUT2D eigenvalue weighted by Gasteiger charge is -2.09. The van der Waals surface area contributed by atoms with Crippen molar-refractivity contribution in [2.45, 2.75) is 26.3 Å². The molecule has 0 amide bonds. The maximum atomic E-state index is 5.48. The van der Waals surface area contributed by atoms with Gasteiger partial charge in [-0.05, 0) is 28.9 Å². The molecule has 0 atom stereocenters. The molecule has 0 fully saturated rings. The van der Waals surface area contributed by atoms with Gasteiger partial charge >= 0.3 is 0 Å². The molecule has 0 radical (unpaired) electrons. The van der Waals surface area contributed by atoms with Crippen LogP contribution in [0.3, 0.4) is 0 Å². The number of hydrogen-bond donors (Lipinski definition) is 1. The van der Waals surface area contributed by atoms with Gasteiger partial charge in [-0.15, -0.1) is 0 Å². The third kappa shape index (κ3) is 5.09. The third-order valence-electron chi connectivity index (χ3n) is 1.75. The Labute approximate surface area is 98.6 Å². The summed E-state index contributed by atoms with van der Waals surface area (Å²) in [4.78, 5) is 7.87. The molecule has 0 unspecified atom stereocenters. The lowest BCUT2D eigenvalue weighted by Crippen LogP contribution is -2.24. The molecule has 0 aliphatic rings. The van der Waals surface area contributed by atoms with Crippen LogP contribution < -0.4 is 10.1 Å². The van der Waals surface area contributed by atoms with Crippen molar-refractivity contribution < 1.29 is 4.74 Å². The molecule has 0 aromatic carbocycles. The molecule has 15 heavy (non-hydrogen) atoms. The molecule has 1 heterocycles. The number of halogens is 1. The minimum atomic E-state index is 0.524. The summed E-state index contributed by atoms with van der Waals surface area (Å²) in [7, 11) is 0. The molecule has 5 heteroatoms. The molecular formula is C10H16BrN3O. The number of hydrogen-bond acceptors (Lipinski definition) is 4. The molecule has 1 N–H and O–H groups in total. The van der Waals surface area contributed by atoms with Crippen molar-refractivity contribution in [3.8, 4) is 5.88 Å². The normalized spacial score (nSPS) is 10.7. The van der Waals surface area contributed by atoms with Crippen LogP contribution in [0.2, 0.25) is 0 Å². The molecule has 0 bridgehead atoms. The topological polar surface area (TPSA) is 47.0 Å². The van der Waals surface area contributed by atoms with E-state index in [1.807, 2.05) is 0 Å². The van der Waals surface area contributed by atoms with Gasteiger partial charge in [-0.1, -0.05) is 13.8 Å². The Hall–Kier alpha value is -0.680. The maximum absolute atomic E-state index is 5.48. The summed E-state index contributed by atoms with van der Waals surface area (Å²) in [6.45, 7) is 5.87. The van der Waals surface area contributed by atoms with Crippen LogP contribution in [0.5, 0.6) is 5.88 Å². The highest BCUT2D eigenvalue weighted by molar-refractivity contribution is 9.10. The minimum Gasteiger partial charge on any atom is -0.477 e. The van der Waals surface area contributed by atoms with Crippen molar-refractivity contribution in [3.05, 3.63) is 17.0 Å². The van der Waals surface area contributed by atoms with E-state index in [2.05, 4.69) is 45.1 Å². The van der Waals surface area contributed by atoms with Gasteiger partial charge in [-0.25, -0.2) is 9.97 Å². The third-order valence-corrected chi connectivity index (χ3v) is 2.29. The van der Waals surface area contributed by atoms with Crippen LogP contribution in [-0.2, 0) is 0 Å². The summed E-state index contributed by atoms with van der Waals surface area (Å²) in [5.74, 6) is 0.606. The predicted molar refractivity (Wildman–Crippen MR) is 63.0 cm³/mol. The number of aromatic nitrogens is 2. The first kappa shape index (κ1) is 12.4. The van der Waals surface area contributed by atoms with Crippen molar-refractivity contribution in [3.63, 3.8) is 0 Å². The van der Waals surface area contributed by atoms with E-state index in [1.54, 1.807) is 6.20 Å². The molecule has 0 saturated carbocycles. The highest BCUT2D eigenvalue weighted by Crippen LogP contribution is 2.19. The zero-order valence-corrected chi connectivity index (χ0v) is 10.6. The van der Waals surface area contributed by atoms with Gasteiger partial charge in [0.2, 0.25) is 5.88 Å². The quantitative estimate of drug-likeness (QED) is 0.806. The minimum absolute atomic E-state index is 0.524. The maximum Gasteiger partial charge on any atom is 0.231 e. The average Bonchev–Trinajstić information content (AvgIpc) is 2.20. The molecule has 4 nitrogen and oxygen atoms in total. The van der Waals surface area contributed by atoms with Crippen LogP contribution >= 0.6 is 15.9 Å².